The van der Waals surface area contributed by atoms with E-state index in [1.165, 1.54) is 5.56 Å². The van der Waals surface area contributed by atoms with Crippen LogP contribution in [-0.2, 0) is 13.0 Å². The van der Waals surface area contributed by atoms with Crippen molar-refractivity contribution in [1.29, 1.82) is 0 Å². The molecule has 0 bridgehead atoms. The van der Waals surface area contributed by atoms with E-state index in [-0.39, 0.29) is 0 Å². The summed E-state index contributed by atoms with van der Waals surface area (Å²) in [6.07, 6.45) is 3.74. The van der Waals surface area contributed by atoms with Crippen LogP contribution in [0.25, 0.3) is 0 Å². The predicted molar refractivity (Wildman–Crippen MR) is 105 cm³/mol. The van der Waals surface area contributed by atoms with Gasteiger partial charge in [0.25, 0.3) is 0 Å². The van der Waals surface area contributed by atoms with Gasteiger partial charge in [-0.1, -0.05) is 42.5 Å². The van der Waals surface area contributed by atoms with Crippen molar-refractivity contribution in [2.45, 2.75) is 19.4 Å². The highest BCUT2D eigenvalue weighted by molar-refractivity contribution is 5.44. The van der Waals surface area contributed by atoms with Crippen LogP contribution in [0.4, 0.5) is 5.82 Å². The monoisotopic (exact) mass is 348 g/mol. The van der Waals surface area contributed by atoms with Crippen molar-refractivity contribution in [3.8, 4) is 11.5 Å². The van der Waals surface area contributed by atoms with Gasteiger partial charge in [-0.05, 0) is 48.2 Å². The first-order chi connectivity index (χ1) is 12.8. The van der Waals surface area contributed by atoms with Crippen molar-refractivity contribution in [2.24, 2.45) is 0 Å². The fraction of sp³-hybridized carbons (Fsp3) is 0.227. The minimum Gasteiger partial charge on any atom is -0.493 e. The van der Waals surface area contributed by atoms with E-state index in [9.17, 15) is 0 Å². The number of benzene rings is 2. The molecule has 4 heteroatoms. The van der Waals surface area contributed by atoms with Gasteiger partial charge < -0.3 is 14.8 Å². The summed E-state index contributed by atoms with van der Waals surface area (Å²) in [5, 5.41) is 3.31. The largest absolute Gasteiger partial charge is 0.493 e. The van der Waals surface area contributed by atoms with Crippen LogP contribution < -0.4 is 14.8 Å². The van der Waals surface area contributed by atoms with Crippen molar-refractivity contribution in [2.75, 3.05) is 19.0 Å². The highest BCUT2D eigenvalue weighted by atomic mass is 16.5. The van der Waals surface area contributed by atoms with Gasteiger partial charge in [0.05, 0.1) is 13.7 Å². The molecule has 3 rings (SSSR count). The minimum absolute atomic E-state index is 0.655. The van der Waals surface area contributed by atoms with Gasteiger partial charge in [0, 0.05) is 12.7 Å². The summed E-state index contributed by atoms with van der Waals surface area (Å²) in [7, 11) is 1.66. The molecule has 0 radical (unpaired) electrons. The second-order valence-corrected chi connectivity index (χ2v) is 5.99. The molecule has 1 heterocycles. The number of aryl methyl sites for hydroxylation is 1. The topological polar surface area (TPSA) is 43.4 Å². The lowest BCUT2D eigenvalue weighted by molar-refractivity contribution is 0.289. The molecule has 0 aliphatic heterocycles. The zero-order valence-electron chi connectivity index (χ0n) is 15.0. The second-order valence-electron chi connectivity index (χ2n) is 5.99. The van der Waals surface area contributed by atoms with Gasteiger partial charge in [0.15, 0.2) is 11.5 Å². The second kappa shape index (κ2) is 9.47. The SMILES string of the molecule is COc1ccc(CNc2ccccn2)cc1OCCCc1ccccc1. The van der Waals surface area contributed by atoms with Gasteiger partial charge in [-0.2, -0.15) is 0 Å². The number of pyridine rings is 1. The quantitative estimate of drug-likeness (QED) is 0.569. The number of nitrogens with one attached hydrogen (secondary N) is 1. The van der Waals surface area contributed by atoms with E-state index in [1.54, 1.807) is 13.3 Å². The van der Waals surface area contributed by atoms with Crippen LogP contribution in [0, 0.1) is 0 Å². The smallest absolute Gasteiger partial charge is 0.161 e. The number of anilines is 1. The molecule has 0 atom stereocenters. The summed E-state index contributed by atoms with van der Waals surface area (Å²) in [5.41, 5.74) is 2.45. The Labute approximate surface area is 154 Å². The van der Waals surface area contributed by atoms with Crippen molar-refractivity contribution in [3.63, 3.8) is 0 Å². The Morgan fingerprint density at radius 2 is 1.73 bits per heavy atom. The van der Waals surface area contributed by atoms with Crippen molar-refractivity contribution >= 4 is 5.82 Å². The molecule has 4 nitrogen and oxygen atoms in total. The van der Waals surface area contributed by atoms with E-state index in [2.05, 4.69) is 34.6 Å². The third-order valence-corrected chi connectivity index (χ3v) is 4.08. The first-order valence-electron chi connectivity index (χ1n) is 8.84. The average Bonchev–Trinajstić information content (AvgIpc) is 2.71. The normalized spacial score (nSPS) is 10.3. The van der Waals surface area contributed by atoms with Gasteiger partial charge in [0.1, 0.15) is 5.82 Å². The Morgan fingerprint density at radius 1 is 0.885 bits per heavy atom. The molecule has 1 N–H and O–H groups in total. The third-order valence-electron chi connectivity index (χ3n) is 4.08. The average molecular weight is 348 g/mol. The molecular formula is C22H24N2O2. The summed E-state index contributed by atoms with van der Waals surface area (Å²) < 4.78 is 11.4. The molecule has 0 unspecified atom stereocenters. The van der Waals surface area contributed by atoms with Gasteiger partial charge in [-0.25, -0.2) is 4.98 Å². The number of hydrogen-bond acceptors (Lipinski definition) is 4. The summed E-state index contributed by atoms with van der Waals surface area (Å²) >= 11 is 0. The molecule has 134 valence electrons. The molecule has 0 fully saturated rings. The Kier molecular flexibility index (Phi) is 6.48. The number of hydrogen-bond donors (Lipinski definition) is 1. The van der Waals surface area contributed by atoms with E-state index in [1.807, 2.05) is 42.5 Å². The molecule has 2 aromatic carbocycles. The van der Waals surface area contributed by atoms with Crippen LogP contribution in [0.15, 0.2) is 72.9 Å². The lowest BCUT2D eigenvalue weighted by atomic mass is 10.1. The van der Waals surface area contributed by atoms with Gasteiger partial charge in [-0.15, -0.1) is 0 Å². The summed E-state index contributed by atoms with van der Waals surface area (Å²) in [6.45, 7) is 1.34. The fourth-order valence-corrected chi connectivity index (χ4v) is 2.71. The number of rotatable bonds is 9. The zero-order chi connectivity index (χ0) is 18.0. The van der Waals surface area contributed by atoms with Crippen LogP contribution in [0.5, 0.6) is 11.5 Å². The van der Waals surface area contributed by atoms with Gasteiger partial charge in [-0.3, -0.25) is 0 Å². The van der Waals surface area contributed by atoms with Crippen LogP contribution in [-0.4, -0.2) is 18.7 Å². The van der Waals surface area contributed by atoms with Crippen LogP contribution in [0.3, 0.4) is 0 Å². The summed E-state index contributed by atoms with van der Waals surface area (Å²) in [6, 6.07) is 22.3. The summed E-state index contributed by atoms with van der Waals surface area (Å²) in [5.74, 6) is 2.39. The van der Waals surface area contributed by atoms with Crippen molar-refractivity contribution in [3.05, 3.63) is 84.1 Å². The first-order valence-corrected chi connectivity index (χ1v) is 8.84. The van der Waals surface area contributed by atoms with Crippen LogP contribution in [0.2, 0.25) is 0 Å². The zero-order valence-corrected chi connectivity index (χ0v) is 15.0. The highest BCUT2D eigenvalue weighted by Crippen LogP contribution is 2.28. The number of ether oxygens (including phenoxy) is 2. The number of methoxy groups -OCH3 is 1. The lowest BCUT2D eigenvalue weighted by Crippen LogP contribution is -2.04. The van der Waals surface area contributed by atoms with Gasteiger partial charge >= 0.3 is 0 Å². The van der Waals surface area contributed by atoms with Crippen LogP contribution >= 0.6 is 0 Å². The lowest BCUT2D eigenvalue weighted by Gasteiger charge is -2.13. The Hall–Kier alpha value is -3.01. The van der Waals surface area contributed by atoms with E-state index >= 15 is 0 Å². The molecular weight excluding hydrogens is 324 g/mol. The molecule has 1 aromatic heterocycles. The maximum absolute atomic E-state index is 5.97. The highest BCUT2D eigenvalue weighted by Gasteiger charge is 2.06. The molecule has 3 aromatic rings. The van der Waals surface area contributed by atoms with Gasteiger partial charge in [0.2, 0.25) is 0 Å². The third kappa shape index (κ3) is 5.24. The van der Waals surface area contributed by atoms with Crippen molar-refractivity contribution in [1.82, 2.24) is 4.98 Å². The van der Waals surface area contributed by atoms with E-state index < -0.39 is 0 Å². The molecule has 0 amide bonds. The maximum atomic E-state index is 5.97. The Morgan fingerprint density at radius 3 is 2.50 bits per heavy atom. The molecule has 0 saturated carbocycles. The first kappa shape index (κ1) is 17.8. The fourth-order valence-electron chi connectivity index (χ4n) is 2.71. The molecule has 26 heavy (non-hydrogen) atoms. The minimum atomic E-state index is 0.655. The summed E-state index contributed by atoms with van der Waals surface area (Å²) in [4.78, 5) is 4.27. The molecule has 0 spiro atoms. The number of nitrogens with zero attached hydrogens (tertiary/aromatic N) is 1. The molecule has 0 aliphatic rings. The Bertz CT molecular complexity index is 792. The molecule has 0 aliphatic carbocycles. The van der Waals surface area contributed by atoms with E-state index in [4.69, 9.17) is 9.47 Å². The number of aromatic nitrogens is 1. The molecule has 0 saturated heterocycles. The Balaban J connectivity index is 1.55. The predicted octanol–water partition coefficient (Wildman–Crippen LogP) is 4.71. The maximum Gasteiger partial charge on any atom is 0.161 e. The van der Waals surface area contributed by atoms with E-state index in [0.717, 1.165) is 35.7 Å². The van der Waals surface area contributed by atoms with Crippen LogP contribution in [0.1, 0.15) is 17.5 Å². The van der Waals surface area contributed by atoms with Crippen molar-refractivity contribution < 1.29 is 9.47 Å². The van der Waals surface area contributed by atoms with E-state index in [0.29, 0.717) is 13.2 Å². The standard InChI is InChI=1S/C22H24N2O2/c1-25-20-13-12-19(17-24-22-11-5-6-14-23-22)16-21(20)26-15-7-10-18-8-3-2-4-9-18/h2-6,8-9,11-14,16H,7,10,15,17H2,1H3,(H,23,24).